The van der Waals surface area contributed by atoms with Crippen molar-refractivity contribution in [1.29, 1.82) is 5.26 Å². The third-order valence-electron chi connectivity index (χ3n) is 3.70. The molecule has 0 bridgehead atoms. The van der Waals surface area contributed by atoms with E-state index in [2.05, 4.69) is 22.6 Å². The molecule has 0 unspecified atom stereocenters. The number of hydrogen-bond acceptors (Lipinski definition) is 4. The van der Waals surface area contributed by atoms with E-state index in [1.54, 1.807) is 12.2 Å². The van der Waals surface area contributed by atoms with Crippen LogP contribution in [-0.4, -0.2) is 23.2 Å². The average Bonchev–Trinajstić information content (AvgIpc) is 3.09. The predicted molar refractivity (Wildman–Crippen MR) is 103 cm³/mol. The summed E-state index contributed by atoms with van der Waals surface area (Å²) in [6.07, 6.45) is 3.45. The first-order chi connectivity index (χ1) is 12.7. The summed E-state index contributed by atoms with van der Waals surface area (Å²) in [5, 5.41) is 9.56. The van der Waals surface area contributed by atoms with E-state index in [1.165, 1.54) is 0 Å². The van der Waals surface area contributed by atoms with Gasteiger partial charge in [0.05, 0.1) is 23.2 Å². The van der Waals surface area contributed by atoms with Gasteiger partial charge in [-0.2, -0.15) is 5.26 Å². The molecule has 0 aliphatic rings. The van der Waals surface area contributed by atoms with Gasteiger partial charge in [0.1, 0.15) is 18.5 Å². The molecule has 5 nitrogen and oxygen atoms in total. The highest BCUT2D eigenvalue weighted by atomic mass is 16.5. The third-order valence-corrected chi connectivity index (χ3v) is 3.70. The van der Waals surface area contributed by atoms with Crippen LogP contribution in [0.4, 0.5) is 0 Å². The van der Waals surface area contributed by atoms with Crippen LogP contribution in [0.2, 0.25) is 0 Å². The van der Waals surface area contributed by atoms with Crippen molar-refractivity contribution in [1.82, 2.24) is 9.97 Å². The fraction of sp³-hybridized carbons (Fsp3) is 0.143. The van der Waals surface area contributed by atoms with Gasteiger partial charge in [-0.1, -0.05) is 30.9 Å². The van der Waals surface area contributed by atoms with Crippen LogP contribution in [0.25, 0.3) is 22.7 Å². The SMILES string of the molecule is C=CCOc1ccc(C=C(C#N)c2nc3ccccc3[nH]2)cc1OCC. The van der Waals surface area contributed by atoms with Crippen molar-refractivity contribution in [2.75, 3.05) is 13.2 Å². The number of nitrogens with zero attached hydrogens (tertiary/aromatic N) is 2. The van der Waals surface area contributed by atoms with Gasteiger partial charge in [-0.25, -0.2) is 4.98 Å². The number of hydrogen-bond donors (Lipinski definition) is 1. The number of rotatable bonds is 7. The maximum Gasteiger partial charge on any atom is 0.161 e. The second-order valence-corrected chi connectivity index (χ2v) is 5.51. The number of aromatic nitrogens is 2. The zero-order chi connectivity index (χ0) is 18.4. The number of fused-ring (bicyclic) bond motifs is 1. The summed E-state index contributed by atoms with van der Waals surface area (Å²) in [6, 6.07) is 15.4. The van der Waals surface area contributed by atoms with E-state index in [1.807, 2.05) is 49.4 Å². The molecule has 1 aromatic heterocycles. The van der Waals surface area contributed by atoms with Crippen molar-refractivity contribution in [2.24, 2.45) is 0 Å². The molecule has 0 amide bonds. The van der Waals surface area contributed by atoms with Crippen molar-refractivity contribution in [3.8, 4) is 17.6 Å². The summed E-state index contributed by atoms with van der Waals surface area (Å²) in [5.74, 6) is 1.81. The standard InChI is InChI=1S/C21H19N3O2/c1-3-11-26-19-10-9-15(13-20(19)25-4-2)12-16(14-22)21-23-17-7-5-6-8-18(17)24-21/h3,5-10,12-13H,1,4,11H2,2H3,(H,23,24). The van der Waals surface area contributed by atoms with Crippen molar-refractivity contribution in [3.05, 3.63) is 66.5 Å². The molecule has 0 aliphatic heterocycles. The predicted octanol–water partition coefficient (Wildman–Crippen LogP) is 4.59. The van der Waals surface area contributed by atoms with Gasteiger partial charge in [0.2, 0.25) is 0 Å². The number of ether oxygens (including phenoxy) is 2. The molecule has 3 rings (SSSR count). The van der Waals surface area contributed by atoms with Crippen LogP contribution in [-0.2, 0) is 0 Å². The number of nitriles is 1. The van der Waals surface area contributed by atoms with E-state index in [0.717, 1.165) is 16.6 Å². The Hall–Kier alpha value is -3.52. The summed E-state index contributed by atoms with van der Waals surface area (Å²) in [4.78, 5) is 7.66. The molecule has 0 saturated carbocycles. The van der Waals surface area contributed by atoms with Crippen LogP contribution in [0, 0.1) is 11.3 Å². The molecule has 3 aromatic rings. The van der Waals surface area contributed by atoms with Gasteiger partial charge in [0, 0.05) is 0 Å². The summed E-state index contributed by atoms with van der Waals surface area (Å²) >= 11 is 0. The molecule has 0 aliphatic carbocycles. The molecule has 0 radical (unpaired) electrons. The molecule has 1 heterocycles. The van der Waals surface area contributed by atoms with Crippen LogP contribution in [0.5, 0.6) is 11.5 Å². The molecule has 0 saturated heterocycles. The first-order valence-corrected chi connectivity index (χ1v) is 8.32. The molecule has 0 spiro atoms. The second-order valence-electron chi connectivity index (χ2n) is 5.51. The molecular formula is C21H19N3O2. The van der Waals surface area contributed by atoms with Crippen molar-refractivity contribution < 1.29 is 9.47 Å². The van der Waals surface area contributed by atoms with Gasteiger partial charge in [0.25, 0.3) is 0 Å². The summed E-state index contributed by atoms with van der Waals surface area (Å²) in [7, 11) is 0. The number of aromatic amines is 1. The highest BCUT2D eigenvalue weighted by Crippen LogP contribution is 2.30. The van der Waals surface area contributed by atoms with Crippen molar-refractivity contribution in [2.45, 2.75) is 6.92 Å². The van der Waals surface area contributed by atoms with Gasteiger partial charge >= 0.3 is 0 Å². The largest absolute Gasteiger partial charge is 0.490 e. The molecule has 2 aromatic carbocycles. The Balaban J connectivity index is 1.96. The van der Waals surface area contributed by atoms with Crippen molar-refractivity contribution >= 4 is 22.7 Å². The lowest BCUT2D eigenvalue weighted by Gasteiger charge is -2.11. The van der Waals surface area contributed by atoms with Gasteiger partial charge < -0.3 is 14.5 Å². The van der Waals surface area contributed by atoms with Gasteiger partial charge in [-0.15, -0.1) is 0 Å². The van der Waals surface area contributed by atoms with E-state index < -0.39 is 0 Å². The number of H-pyrrole nitrogens is 1. The Kier molecular flexibility index (Phi) is 5.35. The number of nitrogens with one attached hydrogen (secondary N) is 1. The van der Waals surface area contributed by atoms with Gasteiger partial charge in [-0.05, 0) is 42.8 Å². The van der Waals surface area contributed by atoms with E-state index in [0.29, 0.717) is 36.1 Å². The summed E-state index contributed by atoms with van der Waals surface area (Å²) in [6.45, 7) is 6.48. The number of para-hydroxylation sites is 2. The fourth-order valence-corrected chi connectivity index (χ4v) is 2.55. The minimum absolute atomic E-state index is 0.400. The van der Waals surface area contributed by atoms with E-state index in [-0.39, 0.29) is 0 Å². The maximum absolute atomic E-state index is 9.56. The van der Waals surface area contributed by atoms with Crippen molar-refractivity contribution in [3.63, 3.8) is 0 Å². The summed E-state index contributed by atoms with van der Waals surface area (Å²) < 4.78 is 11.3. The monoisotopic (exact) mass is 345 g/mol. The Bertz CT molecular complexity index is 963. The topological polar surface area (TPSA) is 70.9 Å². The summed E-state index contributed by atoms with van der Waals surface area (Å²) in [5.41, 5.74) is 3.00. The van der Waals surface area contributed by atoms with E-state index >= 15 is 0 Å². The zero-order valence-electron chi connectivity index (χ0n) is 14.5. The van der Waals surface area contributed by atoms with E-state index in [4.69, 9.17) is 9.47 Å². The number of benzene rings is 2. The second kappa shape index (κ2) is 8.04. The lowest BCUT2D eigenvalue weighted by Crippen LogP contribution is -1.99. The highest BCUT2D eigenvalue weighted by Gasteiger charge is 2.10. The molecule has 0 fully saturated rings. The Morgan fingerprint density at radius 3 is 2.81 bits per heavy atom. The fourth-order valence-electron chi connectivity index (χ4n) is 2.55. The quantitative estimate of drug-likeness (QED) is 0.502. The third kappa shape index (κ3) is 3.76. The first kappa shape index (κ1) is 17.3. The number of allylic oxidation sites excluding steroid dienone is 1. The normalized spacial score (nSPS) is 11.2. The van der Waals surface area contributed by atoms with Crippen LogP contribution in [0.1, 0.15) is 18.3 Å². The van der Waals surface area contributed by atoms with Crippen LogP contribution in [0.15, 0.2) is 55.1 Å². The van der Waals surface area contributed by atoms with Gasteiger partial charge in [-0.3, -0.25) is 0 Å². The van der Waals surface area contributed by atoms with Gasteiger partial charge in [0.15, 0.2) is 11.5 Å². The highest BCUT2D eigenvalue weighted by molar-refractivity contribution is 5.90. The molecule has 130 valence electrons. The maximum atomic E-state index is 9.56. The van der Waals surface area contributed by atoms with Crippen LogP contribution >= 0.6 is 0 Å². The number of imidazole rings is 1. The molecular weight excluding hydrogens is 326 g/mol. The molecule has 26 heavy (non-hydrogen) atoms. The molecule has 5 heteroatoms. The lowest BCUT2D eigenvalue weighted by atomic mass is 10.1. The van der Waals surface area contributed by atoms with Crippen LogP contribution < -0.4 is 9.47 Å². The minimum atomic E-state index is 0.400. The lowest BCUT2D eigenvalue weighted by molar-refractivity contribution is 0.297. The molecule has 0 atom stereocenters. The Morgan fingerprint density at radius 2 is 2.08 bits per heavy atom. The minimum Gasteiger partial charge on any atom is -0.490 e. The first-order valence-electron chi connectivity index (χ1n) is 8.32. The average molecular weight is 345 g/mol. The Labute approximate surface area is 152 Å². The van der Waals surface area contributed by atoms with Crippen LogP contribution in [0.3, 0.4) is 0 Å². The zero-order valence-corrected chi connectivity index (χ0v) is 14.5. The van der Waals surface area contributed by atoms with E-state index in [9.17, 15) is 5.26 Å². The Morgan fingerprint density at radius 1 is 1.23 bits per heavy atom. The smallest absolute Gasteiger partial charge is 0.161 e. The molecule has 1 N–H and O–H groups in total.